The van der Waals surface area contributed by atoms with Gasteiger partial charge in [0.05, 0.1) is 0 Å². The number of nitrogens with zero attached hydrogens (tertiary/aromatic N) is 4. The lowest BCUT2D eigenvalue weighted by Gasteiger charge is -2.41. The van der Waals surface area contributed by atoms with Gasteiger partial charge in [0.2, 0.25) is 19.8 Å². The molecule has 6 nitrogen and oxygen atoms in total. The van der Waals surface area contributed by atoms with E-state index >= 15 is 0 Å². The number of hydrogen-bond donors (Lipinski definition) is 2. The molecule has 2 aromatic rings. The van der Waals surface area contributed by atoms with E-state index in [1.165, 1.54) is 9.79 Å². The molecule has 1 saturated heterocycles. The van der Waals surface area contributed by atoms with E-state index < -0.39 is 19.8 Å². The SMILES string of the molecule is ClP12=NP(Sc3ccccc3)(Sc3ccccc3)=NP3(=N1)NCCCN3CCCCN2. The predicted molar refractivity (Wildman–Crippen MR) is 140 cm³/mol. The van der Waals surface area contributed by atoms with E-state index in [1.54, 1.807) is 22.8 Å². The van der Waals surface area contributed by atoms with Gasteiger partial charge in [0.25, 0.3) is 0 Å². The molecule has 31 heavy (non-hydrogen) atoms. The van der Waals surface area contributed by atoms with E-state index in [0.717, 1.165) is 45.4 Å². The molecule has 1 spiro atoms. The molecule has 0 saturated carbocycles. The standard InChI is InChI=1S/C19H26ClN6P3S2/c20-27-21-14-7-8-16-26-17-9-15-22-28(26,23-27)25-29(24-27,30-18-10-3-1-4-11-18)31-19-12-5-2-6-13-19/h1-6,10-13,21-22H,7-9,14-17H2. The topological polar surface area (TPSA) is 64.4 Å². The highest BCUT2D eigenvalue weighted by Crippen LogP contribution is 2.89. The minimum absolute atomic E-state index is 0.851. The molecule has 2 unspecified atom stereocenters. The molecule has 2 aromatic carbocycles. The molecule has 0 radical (unpaired) electrons. The lowest BCUT2D eigenvalue weighted by atomic mass is 10.3. The smallest absolute Gasteiger partial charge is 0.236 e. The van der Waals surface area contributed by atoms with Crippen molar-refractivity contribution < 1.29 is 0 Å². The van der Waals surface area contributed by atoms with Crippen molar-refractivity contribution in [3.8, 4) is 0 Å². The quantitative estimate of drug-likeness (QED) is 0.389. The van der Waals surface area contributed by atoms with Crippen LogP contribution in [0.5, 0.6) is 0 Å². The molecule has 0 aliphatic carbocycles. The largest absolute Gasteiger partial charge is 0.253 e. The first-order valence-corrected chi connectivity index (χ1v) is 19.2. The zero-order valence-electron chi connectivity index (χ0n) is 17.0. The Balaban J connectivity index is 1.72. The molecule has 3 aliphatic rings. The van der Waals surface area contributed by atoms with Crippen LogP contribution >= 0.6 is 53.8 Å². The molecule has 3 aliphatic heterocycles. The third-order valence-electron chi connectivity index (χ3n) is 5.11. The fraction of sp³-hybridized carbons (Fsp3) is 0.368. The first kappa shape index (κ1) is 22.8. The second-order valence-electron chi connectivity index (χ2n) is 7.49. The van der Waals surface area contributed by atoms with Crippen molar-refractivity contribution in [1.29, 1.82) is 0 Å². The molecule has 1 fully saturated rings. The summed E-state index contributed by atoms with van der Waals surface area (Å²) in [5.41, 5.74) is -2.35. The molecule has 3 heterocycles. The fourth-order valence-corrected chi connectivity index (χ4v) is 26.6. The Bertz CT molecular complexity index is 1050. The minimum atomic E-state index is -2.58. The molecule has 12 heteroatoms. The van der Waals surface area contributed by atoms with Gasteiger partial charge >= 0.3 is 0 Å². The van der Waals surface area contributed by atoms with E-state index in [-0.39, 0.29) is 0 Å². The Morgan fingerprint density at radius 3 is 2.03 bits per heavy atom. The molecule has 2 N–H and O–H groups in total. The van der Waals surface area contributed by atoms with Gasteiger partial charge in [-0.3, -0.25) is 10.2 Å². The number of fused-ring (bicyclic) bond motifs is 1. The lowest BCUT2D eigenvalue weighted by molar-refractivity contribution is 0.400. The summed E-state index contributed by atoms with van der Waals surface area (Å²) >= 11 is 10.8. The summed E-state index contributed by atoms with van der Waals surface area (Å²) in [6.07, 6.45) is 3.33. The summed E-state index contributed by atoms with van der Waals surface area (Å²) in [7, 11) is -2.30. The summed E-state index contributed by atoms with van der Waals surface area (Å²) in [6.45, 7) is 1.24. The van der Waals surface area contributed by atoms with Crippen LogP contribution in [-0.4, -0.2) is 30.8 Å². The zero-order valence-corrected chi connectivity index (χ0v) is 22.1. The van der Waals surface area contributed by atoms with Crippen molar-refractivity contribution in [3.63, 3.8) is 0 Å². The highest BCUT2D eigenvalue weighted by atomic mass is 35.7. The fourth-order valence-electron chi connectivity index (χ4n) is 3.72. The van der Waals surface area contributed by atoms with Crippen LogP contribution in [0.3, 0.4) is 0 Å². The van der Waals surface area contributed by atoms with Gasteiger partial charge in [-0.15, -0.1) is 0 Å². The third kappa shape index (κ3) is 5.24. The van der Waals surface area contributed by atoms with E-state index in [2.05, 4.69) is 63.4 Å². The first-order chi connectivity index (χ1) is 15.1. The van der Waals surface area contributed by atoms with Crippen LogP contribution in [-0.2, 0) is 0 Å². The Kier molecular flexibility index (Phi) is 7.13. The number of benzene rings is 2. The predicted octanol–water partition coefficient (Wildman–Crippen LogP) is 8.34. The lowest BCUT2D eigenvalue weighted by Crippen LogP contribution is -2.35. The highest BCUT2D eigenvalue weighted by molar-refractivity contribution is 8.91. The third-order valence-corrected chi connectivity index (χ3v) is 23.0. The molecular formula is C19H26ClN6P3S2. The first-order valence-electron chi connectivity index (χ1n) is 10.5. The van der Waals surface area contributed by atoms with Crippen LogP contribution in [0.2, 0.25) is 0 Å². The number of nitrogens with one attached hydrogen (secondary N) is 2. The summed E-state index contributed by atoms with van der Waals surface area (Å²) in [4.78, 5) is 2.35. The van der Waals surface area contributed by atoms with E-state index in [0.29, 0.717) is 0 Å². The molecule has 166 valence electrons. The summed E-state index contributed by atoms with van der Waals surface area (Å²) < 4.78 is 18.6. The molecule has 5 rings (SSSR count). The second-order valence-corrected chi connectivity index (χ2v) is 21.6. The van der Waals surface area contributed by atoms with Crippen molar-refractivity contribution in [1.82, 2.24) is 14.8 Å². The Morgan fingerprint density at radius 2 is 1.35 bits per heavy atom. The van der Waals surface area contributed by atoms with Crippen molar-refractivity contribution in [2.45, 2.75) is 29.1 Å². The minimum Gasteiger partial charge on any atom is -0.253 e. The monoisotopic (exact) mass is 530 g/mol. The van der Waals surface area contributed by atoms with Crippen LogP contribution < -0.4 is 10.2 Å². The Labute approximate surface area is 197 Å². The maximum atomic E-state index is 7.26. The van der Waals surface area contributed by atoms with Crippen LogP contribution in [0.15, 0.2) is 84.0 Å². The average molecular weight is 531 g/mol. The van der Waals surface area contributed by atoms with Crippen LogP contribution in [0.25, 0.3) is 0 Å². The van der Waals surface area contributed by atoms with Crippen molar-refractivity contribution in [2.75, 3.05) is 26.2 Å². The number of halogens is 1. The van der Waals surface area contributed by atoms with Gasteiger partial charge in [-0.2, -0.15) is 13.5 Å². The van der Waals surface area contributed by atoms with Gasteiger partial charge in [-0.25, -0.2) is 4.67 Å². The van der Waals surface area contributed by atoms with Gasteiger partial charge in [0.1, 0.15) is 0 Å². The second kappa shape index (κ2) is 9.70. The number of rotatable bonds is 4. The van der Waals surface area contributed by atoms with Crippen LogP contribution in [0.1, 0.15) is 19.3 Å². The van der Waals surface area contributed by atoms with Gasteiger partial charge < -0.3 is 0 Å². The van der Waals surface area contributed by atoms with E-state index in [4.69, 9.17) is 24.8 Å². The van der Waals surface area contributed by atoms with E-state index in [1.807, 2.05) is 12.1 Å². The van der Waals surface area contributed by atoms with E-state index in [9.17, 15) is 0 Å². The van der Waals surface area contributed by atoms with Gasteiger partial charge in [-0.05, 0) is 77.5 Å². The Morgan fingerprint density at radius 1 is 0.742 bits per heavy atom. The zero-order chi connectivity index (χ0) is 21.2. The van der Waals surface area contributed by atoms with Crippen molar-refractivity contribution in [2.24, 2.45) is 13.5 Å². The average Bonchev–Trinajstić information content (AvgIpc) is 2.80. The van der Waals surface area contributed by atoms with Gasteiger partial charge in [0.15, 0.2) is 0 Å². The molecule has 0 amide bonds. The van der Waals surface area contributed by atoms with Gasteiger partial charge in [0, 0.05) is 36.0 Å². The van der Waals surface area contributed by atoms with Crippen LogP contribution in [0, 0.1) is 0 Å². The van der Waals surface area contributed by atoms with Crippen molar-refractivity contribution in [3.05, 3.63) is 60.7 Å². The maximum absolute atomic E-state index is 7.26. The Hall–Kier alpha value is -0.0000000000000000694. The van der Waals surface area contributed by atoms with Gasteiger partial charge in [-0.1, -0.05) is 36.4 Å². The van der Waals surface area contributed by atoms with Crippen molar-refractivity contribution >= 4 is 53.8 Å². The molecule has 2 bridgehead atoms. The molecular weight excluding hydrogens is 505 g/mol. The summed E-state index contributed by atoms with van der Waals surface area (Å²) in [5.74, 6) is 0. The highest BCUT2D eigenvalue weighted by Gasteiger charge is 2.42. The number of hydrogen-bond acceptors (Lipinski definition) is 8. The molecule has 2 atom stereocenters. The molecule has 0 aromatic heterocycles. The maximum Gasteiger partial charge on any atom is 0.236 e. The van der Waals surface area contributed by atoms with Crippen LogP contribution in [0.4, 0.5) is 0 Å². The summed E-state index contributed by atoms with van der Waals surface area (Å²) in [6, 6.07) is 21.0. The normalized spacial score (nSPS) is 30.4. The summed E-state index contributed by atoms with van der Waals surface area (Å²) in [5, 5.41) is 7.33.